The van der Waals surface area contributed by atoms with Crippen LogP contribution in [-0.2, 0) is 9.47 Å². The van der Waals surface area contributed by atoms with Crippen molar-refractivity contribution in [2.45, 2.75) is 32.0 Å². The molecule has 5 nitrogen and oxygen atoms in total. The topological polar surface area (TPSA) is 61.3 Å². The molecule has 0 bridgehead atoms. The molecule has 0 aliphatic carbocycles. The molecular formula is C15H16N2O3. The van der Waals surface area contributed by atoms with E-state index in [2.05, 4.69) is 9.97 Å². The number of aromatic nitrogens is 2. The van der Waals surface area contributed by atoms with E-state index in [1.54, 1.807) is 30.6 Å². The molecule has 1 aliphatic rings. The van der Waals surface area contributed by atoms with Crippen LogP contribution in [0.4, 0.5) is 0 Å². The summed E-state index contributed by atoms with van der Waals surface area (Å²) in [5.41, 5.74) is 1.94. The number of hydrogen-bond donors (Lipinski definition) is 0. The molecule has 0 amide bonds. The number of benzene rings is 1. The fourth-order valence-corrected chi connectivity index (χ4v) is 2.35. The minimum absolute atomic E-state index is 0.0224. The fraction of sp³-hybridized carbons (Fsp3) is 0.400. The van der Waals surface area contributed by atoms with Crippen LogP contribution in [-0.4, -0.2) is 34.8 Å². The lowest BCUT2D eigenvalue weighted by atomic mass is 10.2. The molecule has 0 saturated carbocycles. The number of nitrogens with zero attached hydrogens (tertiary/aromatic N) is 2. The van der Waals surface area contributed by atoms with Gasteiger partial charge in [0.15, 0.2) is 0 Å². The Kier molecular flexibility index (Phi) is 3.60. The number of carbonyl (C=O) groups excluding carboxylic acids is 1. The standard InChI is InChI=1S/C15H16N2O3/c1-10-2-4-12(20-10)9-19-15(18)11-3-5-13-14(8-11)17-7-6-16-13/h3,5-8,10,12H,2,4,9H2,1H3/t10-,12-/m1/s1. The molecule has 5 heteroatoms. The smallest absolute Gasteiger partial charge is 0.338 e. The van der Waals surface area contributed by atoms with E-state index in [0.29, 0.717) is 17.7 Å². The quantitative estimate of drug-likeness (QED) is 0.803. The molecular weight excluding hydrogens is 256 g/mol. The maximum absolute atomic E-state index is 12.0. The molecule has 0 N–H and O–H groups in total. The Labute approximate surface area is 116 Å². The van der Waals surface area contributed by atoms with E-state index >= 15 is 0 Å². The molecule has 20 heavy (non-hydrogen) atoms. The van der Waals surface area contributed by atoms with Crippen LogP contribution in [0.5, 0.6) is 0 Å². The van der Waals surface area contributed by atoms with Gasteiger partial charge in [0, 0.05) is 12.4 Å². The summed E-state index contributed by atoms with van der Waals surface area (Å²) in [6.45, 7) is 2.34. The third kappa shape index (κ3) is 2.77. The van der Waals surface area contributed by atoms with Crippen LogP contribution in [0.15, 0.2) is 30.6 Å². The highest BCUT2D eigenvalue weighted by Crippen LogP contribution is 2.19. The molecule has 1 fully saturated rings. The number of esters is 1. The van der Waals surface area contributed by atoms with Crippen molar-refractivity contribution >= 4 is 17.0 Å². The predicted octanol–water partition coefficient (Wildman–Crippen LogP) is 2.35. The lowest BCUT2D eigenvalue weighted by Crippen LogP contribution is -2.19. The summed E-state index contributed by atoms with van der Waals surface area (Å²) in [6, 6.07) is 5.17. The predicted molar refractivity (Wildman–Crippen MR) is 73.4 cm³/mol. The van der Waals surface area contributed by atoms with E-state index in [1.807, 2.05) is 6.92 Å². The highest BCUT2D eigenvalue weighted by molar-refractivity contribution is 5.93. The minimum Gasteiger partial charge on any atom is -0.459 e. The van der Waals surface area contributed by atoms with E-state index in [9.17, 15) is 4.79 Å². The summed E-state index contributed by atoms with van der Waals surface area (Å²) < 4.78 is 10.9. The fourth-order valence-electron chi connectivity index (χ4n) is 2.35. The van der Waals surface area contributed by atoms with Gasteiger partial charge < -0.3 is 9.47 Å². The van der Waals surface area contributed by atoms with E-state index in [-0.39, 0.29) is 18.2 Å². The zero-order valence-electron chi connectivity index (χ0n) is 11.3. The van der Waals surface area contributed by atoms with Crippen molar-refractivity contribution in [3.63, 3.8) is 0 Å². The minimum atomic E-state index is -0.347. The van der Waals surface area contributed by atoms with Crippen molar-refractivity contribution in [2.75, 3.05) is 6.61 Å². The molecule has 3 rings (SSSR count). The molecule has 1 aliphatic heterocycles. The average molecular weight is 272 g/mol. The summed E-state index contributed by atoms with van der Waals surface area (Å²) >= 11 is 0. The molecule has 1 aromatic heterocycles. The third-order valence-electron chi connectivity index (χ3n) is 3.43. The molecule has 0 spiro atoms. The average Bonchev–Trinajstić information content (AvgIpc) is 2.90. The summed E-state index contributed by atoms with van der Waals surface area (Å²) in [7, 11) is 0. The summed E-state index contributed by atoms with van der Waals surface area (Å²) in [5.74, 6) is -0.347. The van der Waals surface area contributed by atoms with Gasteiger partial charge in [0.2, 0.25) is 0 Å². The lowest BCUT2D eigenvalue weighted by molar-refractivity contribution is -0.00265. The Morgan fingerprint density at radius 1 is 1.30 bits per heavy atom. The molecule has 0 radical (unpaired) electrons. The van der Waals surface area contributed by atoms with Gasteiger partial charge in [-0.05, 0) is 38.0 Å². The zero-order valence-corrected chi connectivity index (χ0v) is 11.3. The van der Waals surface area contributed by atoms with Gasteiger partial charge in [-0.25, -0.2) is 4.79 Å². The summed E-state index contributed by atoms with van der Waals surface area (Å²) in [5, 5.41) is 0. The Hall–Kier alpha value is -2.01. The van der Waals surface area contributed by atoms with Gasteiger partial charge in [0.1, 0.15) is 6.61 Å². The Balaban J connectivity index is 1.66. The number of ether oxygens (including phenoxy) is 2. The second kappa shape index (κ2) is 5.54. The second-order valence-electron chi connectivity index (χ2n) is 5.00. The largest absolute Gasteiger partial charge is 0.459 e. The number of fused-ring (bicyclic) bond motifs is 1. The first kappa shape index (κ1) is 13.0. The monoisotopic (exact) mass is 272 g/mol. The molecule has 2 heterocycles. The normalized spacial score (nSPS) is 22.1. The van der Waals surface area contributed by atoms with E-state index in [0.717, 1.165) is 18.4 Å². The Morgan fingerprint density at radius 2 is 2.10 bits per heavy atom. The first-order valence-electron chi connectivity index (χ1n) is 6.76. The van der Waals surface area contributed by atoms with Gasteiger partial charge in [0.25, 0.3) is 0 Å². The van der Waals surface area contributed by atoms with Gasteiger partial charge in [-0.2, -0.15) is 0 Å². The van der Waals surface area contributed by atoms with E-state index in [4.69, 9.17) is 9.47 Å². The summed E-state index contributed by atoms with van der Waals surface area (Å²) in [4.78, 5) is 20.3. The Morgan fingerprint density at radius 3 is 2.85 bits per heavy atom. The number of carbonyl (C=O) groups is 1. The van der Waals surface area contributed by atoms with Crippen molar-refractivity contribution in [1.82, 2.24) is 9.97 Å². The van der Waals surface area contributed by atoms with Gasteiger partial charge in [-0.1, -0.05) is 0 Å². The van der Waals surface area contributed by atoms with Crippen LogP contribution in [0.1, 0.15) is 30.1 Å². The van der Waals surface area contributed by atoms with Crippen LogP contribution in [0.3, 0.4) is 0 Å². The number of hydrogen-bond acceptors (Lipinski definition) is 5. The maximum Gasteiger partial charge on any atom is 0.338 e. The maximum atomic E-state index is 12.0. The second-order valence-corrected chi connectivity index (χ2v) is 5.00. The van der Waals surface area contributed by atoms with Gasteiger partial charge in [-0.3, -0.25) is 9.97 Å². The van der Waals surface area contributed by atoms with Gasteiger partial charge in [0.05, 0.1) is 28.8 Å². The molecule has 2 aromatic rings. The molecule has 1 saturated heterocycles. The van der Waals surface area contributed by atoms with Crippen molar-refractivity contribution in [1.29, 1.82) is 0 Å². The third-order valence-corrected chi connectivity index (χ3v) is 3.43. The lowest BCUT2D eigenvalue weighted by Gasteiger charge is -2.11. The number of rotatable bonds is 3. The van der Waals surface area contributed by atoms with Crippen LogP contribution in [0, 0.1) is 0 Å². The first-order chi connectivity index (χ1) is 9.72. The first-order valence-corrected chi connectivity index (χ1v) is 6.76. The van der Waals surface area contributed by atoms with Gasteiger partial charge >= 0.3 is 5.97 Å². The van der Waals surface area contributed by atoms with Crippen LogP contribution in [0.25, 0.3) is 11.0 Å². The summed E-state index contributed by atoms with van der Waals surface area (Å²) in [6.07, 6.45) is 5.47. The highest BCUT2D eigenvalue weighted by Gasteiger charge is 2.23. The van der Waals surface area contributed by atoms with Crippen molar-refractivity contribution < 1.29 is 14.3 Å². The van der Waals surface area contributed by atoms with Crippen LogP contribution in [0.2, 0.25) is 0 Å². The van der Waals surface area contributed by atoms with Crippen molar-refractivity contribution in [3.05, 3.63) is 36.2 Å². The highest BCUT2D eigenvalue weighted by atomic mass is 16.6. The Bertz CT molecular complexity index is 629. The molecule has 1 aromatic carbocycles. The van der Waals surface area contributed by atoms with Crippen LogP contribution >= 0.6 is 0 Å². The molecule has 2 atom stereocenters. The SMILES string of the molecule is C[C@@H]1CC[C@H](COC(=O)c2ccc3nccnc3c2)O1. The molecule has 0 unspecified atom stereocenters. The van der Waals surface area contributed by atoms with E-state index in [1.165, 1.54) is 0 Å². The van der Waals surface area contributed by atoms with Crippen molar-refractivity contribution in [2.24, 2.45) is 0 Å². The molecule has 104 valence electrons. The zero-order chi connectivity index (χ0) is 13.9. The van der Waals surface area contributed by atoms with Crippen LogP contribution < -0.4 is 0 Å². The van der Waals surface area contributed by atoms with Crippen molar-refractivity contribution in [3.8, 4) is 0 Å². The van der Waals surface area contributed by atoms with E-state index < -0.39 is 0 Å². The van der Waals surface area contributed by atoms with Gasteiger partial charge in [-0.15, -0.1) is 0 Å².